The van der Waals surface area contributed by atoms with Gasteiger partial charge in [-0.3, -0.25) is 9.69 Å². The quantitative estimate of drug-likeness (QED) is 0.432. The number of carbonyl (C=O) groups is 1. The summed E-state index contributed by atoms with van der Waals surface area (Å²) in [6, 6.07) is 18.3. The molecule has 176 valence electrons. The highest BCUT2D eigenvalue weighted by Gasteiger charge is 2.46. The Bertz CT molecular complexity index is 1190. The molecule has 0 aromatic heterocycles. The van der Waals surface area contributed by atoms with E-state index in [4.69, 9.17) is 16.3 Å². The van der Waals surface area contributed by atoms with E-state index in [2.05, 4.69) is 11.8 Å². The fraction of sp³-hybridized carbons (Fsp3) is 0.296. The third-order valence-corrected chi connectivity index (χ3v) is 7.17. The molecule has 2 heterocycles. The zero-order chi connectivity index (χ0) is 23.8. The predicted octanol–water partition coefficient (Wildman–Crippen LogP) is 6.00. The Morgan fingerprint density at radius 1 is 0.971 bits per heavy atom. The number of fused-ring (bicyclic) bond motifs is 2. The molecule has 3 aromatic rings. The van der Waals surface area contributed by atoms with E-state index in [-0.39, 0.29) is 35.7 Å². The molecule has 3 aromatic carbocycles. The zero-order valence-corrected chi connectivity index (χ0v) is 19.5. The number of halogens is 3. The second kappa shape index (κ2) is 9.35. The molecule has 0 spiro atoms. The lowest BCUT2D eigenvalue weighted by molar-refractivity contribution is -0.133. The van der Waals surface area contributed by atoms with Crippen LogP contribution in [0.2, 0.25) is 5.02 Å². The van der Waals surface area contributed by atoms with Gasteiger partial charge >= 0.3 is 0 Å². The Kier molecular flexibility index (Phi) is 6.28. The third kappa shape index (κ3) is 4.65. The van der Waals surface area contributed by atoms with Crippen LogP contribution in [0.25, 0.3) is 0 Å². The molecule has 3 atom stereocenters. The molecule has 2 saturated heterocycles. The number of hydrogen-bond donors (Lipinski definition) is 0. The topological polar surface area (TPSA) is 32.8 Å². The minimum absolute atomic E-state index is 0.0639. The van der Waals surface area contributed by atoms with Gasteiger partial charge < -0.3 is 9.64 Å². The van der Waals surface area contributed by atoms with E-state index in [0.717, 1.165) is 24.1 Å². The number of ether oxygens (including phenoxy) is 1. The standard InChI is InChI=1S/C27H25ClF2N2O2/c1-17(25-11-6-20(30)13-26(25)28)31-15-22-14-21(31)16-32(22)27(33)12-18-2-7-23(8-3-18)34-24-9-4-19(29)5-10-24/h2-11,13,17,21-22H,12,14-16H2,1H3. The second-order valence-corrected chi connectivity index (χ2v) is 9.41. The smallest absolute Gasteiger partial charge is 0.227 e. The minimum Gasteiger partial charge on any atom is -0.457 e. The molecule has 2 bridgehead atoms. The second-order valence-electron chi connectivity index (χ2n) is 9.00. The minimum atomic E-state index is -0.337. The van der Waals surface area contributed by atoms with Gasteiger partial charge in [0.15, 0.2) is 0 Å². The maximum Gasteiger partial charge on any atom is 0.227 e. The molecule has 3 unspecified atom stereocenters. The lowest BCUT2D eigenvalue weighted by Gasteiger charge is -2.38. The van der Waals surface area contributed by atoms with Crippen LogP contribution >= 0.6 is 11.6 Å². The fourth-order valence-corrected chi connectivity index (χ4v) is 5.41. The molecule has 0 N–H and O–H groups in total. The molecule has 0 aliphatic carbocycles. The molecule has 1 amide bonds. The Balaban J connectivity index is 1.17. The van der Waals surface area contributed by atoms with Crippen molar-refractivity contribution in [3.63, 3.8) is 0 Å². The monoisotopic (exact) mass is 482 g/mol. The van der Waals surface area contributed by atoms with E-state index >= 15 is 0 Å². The van der Waals surface area contributed by atoms with Crippen LogP contribution in [-0.4, -0.2) is 40.9 Å². The van der Waals surface area contributed by atoms with Crippen LogP contribution in [-0.2, 0) is 11.2 Å². The highest BCUT2D eigenvalue weighted by Crippen LogP contribution is 2.39. The molecule has 0 saturated carbocycles. The van der Waals surface area contributed by atoms with Gasteiger partial charge in [-0.05, 0) is 73.0 Å². The average Bonchev–Trinajstić information content (AvgIpc) is 3.43. The summed E-state index contributed by atoms with van der Waals surface area (Å²) in [5.41, 5.74) is 1.83. The molecule has 2 aliphatic heterocycles. The van der Waals surface area contributed by atoms with E-state index < -0.39 is 0 Å². The summed E-state index contributed by atoms with van der Waals surface area (Å²) in [5, 5.41) is 0.440. The van der Waals surface area contributed by atoms with Gasteiger partial charge in [-0.15, -0.1) is 0 Å². The van der Waals surface area contributed by atoms with Crippen LogP contribution in [0.5, 0.6) is 11.5 Å². The van der Waals surface area contributed by atoms with Gasteiger partial charge in [0.2, 0.25) is 5.91 Å². The van der Waals surface area contributed by atoms with Gasteiger partial charge in [0.25, 0.3) is 0 Å². The number of nitrogens with zero attached hydrogens (tertiary/aromatic N) is 2. The van der Waals surface area contributed by atoms with Crippen molar-refractivity contribution in [2.24, 2.45) is 0 Å². The molecule has 5 rings (SSSR count). The average molecular weight is 483 g/mol. The molecule has 7 heteroatoms. The number of benzene rings is 3. The molecular weight excluding hydrogens is 458 g/mol. The van der Waals surface area contributed by atoms with Crippen LogP contribution in [0.15, 0.2) is 66.7 Å². The lowest BCUT2D eigenvalue weighted by atomic mass is 10.1. The normalized spacial score (nSPS) is 20.5. The van der Waals surface area contributed by atoms with Crippen molar-refractivity contribution < 1.29 is 18.3 Å². The Morgan fingerprint density at radius 3 is 2.24 bits per heavy atom. The number of rotatable bonds is 6. The fourth-order valence-electron chi connectivity index (χ4n) is 5.09. The third-order valence-electron chi connectivity index (χ3n) is 6.84. The number of piperazine rings is 1. The predicted molar refractivity (Wildman–Crippen MR) is 127 cm³/mol. The van der Waals surface area contributed by atoms with Crippen LogP contribution in [0.1, 0.15) is 30.5 Å². The number of carbonyl (C=O) groups excluding carboxylic acids is 1. The molecule has 2 aliphatic rings. The maximum atomic E-state index is 13.4. The summed E-state index contributed by atoms with van der Waals surface area (Å²) in [5.74, 6) is 0.655. The first-order valence-corrected chi connectivity index (χ1v) is 11.8. The number of amides is 1. The summed E-state index contributed by atoms with van der Waals surface area (Å²) >= 11 is 6.28. The van der Waals surface area contributed by atoms with Gasteiger partial charge in [0, 0.05) is 36.2 Å². The Morgan fingerprint density at radius 2 is 1.62 bits per heavy atom. The molecular formula is C27H25ClF2N2O2. The van der Waals surface area contributed by atoms with Crippen LogP contribution in [0, 0.1) is 11.6 Å². The highest BCUT2D eigenvalue weighted by molar-refractivity contribution is 6.31. The Labute approximate surface area is 202 Å². The number of likely N-dealkylation sites (tertiary alicyclic amines) is 2. The van der Waals surface area contributed by atoms with Crippen LogP contribution < -0.4 is 4.74 Å². The van der Waals surface area contributed by atoms with Crippen molar-refractivity contribution in [3.8, 4) is 11.5 Å². The van der Waals surface area contributed by atoms with E-state index in [1.807, 2.05) is 29.2 Å². The summed E-state index contributed by atoms with van der Waals surface area (Å²) in [7, 11) is 0. The van der Waals surface area contributed by atoms with Gasteiger partial charge in [0.1, 0.15) is 23.1 Å². The first-order chi connectivity index (χ1) is 16.4. The van der Waals surface area contributed by atoms with Gasteiger partial charge in [-0.25, -0.2) is 8.78 Å². The lowest BCUT2D eigenvalue weighted by Crippen LogP contribution is -2.49. The molecule has 2 fully saturated rings. The zero-order valence-electron chi connectivity index (χ0n) is 18.8. The molecule has 0 radical (unpaired) electrons. The summed E-state index contributed by atoms with van der Waals surface area (Å²) in [6.45, 7) is 3.57. The van der Waals surface area contributed by atoms with Crippen LogP contribution in [0.3, 0.4) is 0 Å². The highest BCUT2D eigenvalue weighted by atomic mass is 35.5. The van der Waals surface area contributed by atoms with E-state index in [1.54, 1.807) is 18.2 Å². The van der Waals surface area contributed by atoms with Gasteiger partial charge in [-0.1, -0.05) is 29.8 Å². The summed E-state index contributed by atoms with van der Waals surface area (Å²) in [6.07, 6.45) is 1.28. The van der Waals surface area contributed by atoms with Gasteiger partial charge in [-0.2, -0.15) is 0 Å². The SMILES string of the molecule is CC(c1ccc(F)cc1Cl)N1CC2CC1CN2C(=O)Cc1ccc(Oc2ccc(F)cc2)cc1. The van der Waals surface area contributed by atoms with Crippen molar-refractivity contribution in [1.82, 2.24) is 9.80 Å². The summed E-state index contributed by atoms with van der Waals surface area (Å²) in [4.78, 5) is 17.4. The number of hydrogen-bond acceptors (Lipinski definition) is 3. The Hall–Kier alpha value is -2.96. The van der Waals surface area contributed by atoms with Crippen molar-refractivity contribution in [2.75, 3.05) is 13.1 Å². The largest absolute Gasteiger partial charge is 0.457 e. The van der Waals surface area contributed by atoms with E-state index in [1.165, 1.54) is 24.3 Å². The van der Waals surface area contributed by atoms with Crippen molar-refractivity contribution in [3.05, 3.63) is 94.5 Å². The first-order valence-electron chi connectivity index (χ1n) is 11.4. The maximum absolute atomic E-state index is 13.4. The van der Waals surface area contributed by atoms with Crippen LogP contribution in [0.4, 0.5) is 8.78 Å². The van der Waals surface area contributed by atoms with Gasteiger partial charge in [0.05, 0.1) is 6.42 Å². The molecule has 4 nitrogen and oxygen atoms in total. The van der Waals surface area contributed by atoms with E-state index in [0.29, 0.717) is 29.5 Å². The van der Waals surface area contributed by atoms with E-state index in [9.17, 15) is 13.6 Å². The van der Waals surface area contributed by atoms with Crippen molar-refractivity contribution in [2.45, 2.75) is 37.9 Å². The summed E-state index contributed by atoms with van der Waals surface area (Å²) < 4.78 is 32.2. The van der Waals surface area contributed by atoms with Crippen molar-refractivity contribution in [1.29, 1.82) is 0 Å². The first kappa shape index (κ1) is 22.8. The molecule has 34 heavy (non-hydrogen) atoms. The van der Waals surface area contributed by atoms with Crippen molar-refractivity contribution >= 4 is 17.5 Å².